The number of methoxy groups -OCH3 is 1. The number of benzene rings is 2. The molecule has 0 fully saturated rings. The van der Waals surface area contributed by atoms with E-state index in [1.54, 1.807) is 19.5 Å². The first-order valence-corrected chi connectivity index (χ1v) is 10.3. The Kier molecular flexibility index (Phi) is 4.82. The van der Waals surface area contributed by atoms with E-state index in [2.05, 4.69) is 27.4 Å². The Hall–Kier alpha value is -3.80. The van der Waals surface area contributed by atoms with Crippen LogP contribution in [0.3, 0.4) is 0 Å². The number of amides is 1. The lowest BCUT2D eigenvalue weighted by atomic mass is 9.97. The highest BCUT2D eigenvalue weighted by atomic mass is 16.5. The molecule has 6 heteroatoms. The molecule has 5 rings (SSSR count). The van der Waals surface area contributed by atoms with Crippen LogP contribution >= 0.6 is 0 Å². The number of rotatable bonds is 5. The second kappa shape index (κ2) is 7.80. The minimum atomic E-state index is -0.149. The third kappa shape index (κ3) is 3.61. The minimum Gasteiger partial charge on any atom is -0.497 e. The fraction of sp³-hybridized carbons (Fsp3) is 0.200. The van der Waals surface area contributed by atoms with Crippen LogP contribution in [0.4, 0.5) is 5.69 Å². The van der Waals surface area contributed by atoms with Crippen molar-refractivity contribution in [1.82, 2.24) is 10.3 Å². The van der Waals surface area contributed by atoms with Crippen molar-refractivity contribution in [1.29, 1.82) is 0 Å². The van der Waals surface area contributed by atoms with E-state index in [1.807, 2.05) is 43.3 Å². The summed E-state index contributed by atoms with van der Waals surface area (Å²) in [5, 5.41) is 3.06. The highest BCUT2D eigenvalue weighted by molar-refractivity contribution is 6.41. The van der Waals surface area contributed by atoms with Gasteiger partial charge in [-0.15, -0.1) is 0 Å². The Morgan fingerprint density at radius 3 is 2.74 bits per heavy atom. The van der Waals surface area contributed by atoms with E-state index in [1.165, 1.54) is 5.56 Å². The Balaban J connectivity index is 1.35. The standard InChI is InChI=1S/C25H22N4O2/c1-15(17-4-3-5-20(11-17)31-2)28-25(30)23-12-18-10-19-14-27-24(16-6-8-26-9-7-16)21(19)13-22(18)29-23/h3-11,13,15H,12,14H2,1-2H3,(H,28,30)/t15-/m1/s1. The maximum absolute atomic E-state index is 12.9. The second-order valence-corrected chi connectivity index (χ2v) is 7.75. The lowest BCUT2D eigenvalue weighted by molar-refractivity contribution is -0.115. The number of aromatic nitrogens is 1. The number of aliphatic imine (C=N–C) groups is 2. The SMILES string of the molecule is COc1cccc([C@@H](C)NC(=O)C2=Nc3cc4c(cc3C2)CN=C4c2ccncc2)c1. The number of carbonyl (C=O) groups excluding carboxylic acids is 1. The van der Waals surface area contributed by atoms with Gasteiger partial charge in [-0.05, 0) is 53.9 Å². The van der Waals surface area contributed by atoms with Gasteiger partial charge in [0.15, 0.2) is 0 Å². The number of ether oxygens (including phenoxy) is 1. The van der Waals surface area contributed by atoms with Gasteiger partial charge in [0, 0.05) is 29.9 Å². The van der Waals surface area contributed by atoms with Crippen LogP contribution in [0.15, 0.2) is 70.9 Å². The van der Waals surface area contributed by atoms with Gasteiger partial charge in [0.25, 0.3) is 5.91 Å². The van der Waals surface area contributed by atoms with E-state index in [0.29, 0.717) is 18.7 Å². The topological polar surface area (TPSA) is 75.9 Å². The molecular formula is C25H22N4O2. The van der Waals surface area contributed by atoms with Crippen LogP contribution in [0.5, 0.6) is 5.75 Å². The maximum atomic E-state index is 12.9. The molecular weight excluding hydrogens is 388 g/mol. The van der Waals surface area contributed by atoms with Crippen molar-refractivity contribution >= 4 is 23.0 Å². The molecule has 0 radical (unpaired) electrons. The van der Waals surface area contributed by atoms with Gasteiger partial charge in [-0.1, -0.05) is 18.2 Å². The normalized spacial score (nSPS) is 14.9. The van der Waals surface area contributed by atoms with Gasteiger partial charge in [0.05, 0.1) is 31.1 Å². The zero-order valence-corrected chi connectivity index (χ0v) is 17.4. The zero-order valence-electron chi connectivity index (χ0n) is 17.4. The molecule has 0 aliphatic carbocycles. The molecule has 0 spiro atoms. The number of nitrogens with zero attached hydrogens (tertiary/aromatic N) is 3. The summed E-state index contributed by atoms with van der Waals surface area (Å²) in [5.74, 6) is 0.625. The molecule has 1 amide bonds. The van der Waals surface area contributed by atoms with Gasteiger partial charge >= 0.3 is 0 Å². The van der Waals surface area contributed by atoms with Crippen LogP contribution in [0.2, 0.25) is 0 Å². The summed E-state index contributed by atoms with van der Waals surface area (Å²) in [6, 6.07) is 15.7. The molecule has 2 aromatic carbocycles. The lowest BCUT2D eigenvalue weighted by Gasteiger charge is -2.15. The molecule has 6 nitrogen and oxygen atoms in total. The van der Waals surface area contributed by atoms with Crippen molar-refractivity contribution in [2.45, 2.75) is 25.9 Å². The van der Waals surface area contributed by atoms with Crippen molar-refractivity contribution in [3.05, 3.63) is 88.7 Å². The van der Waals surface area contributed by atoms with E-state index in [4.69, 9.17) is 9.73 Å². The summed E-state index contributed by atoms with van der Waals surface area (Å²) >= 11 is 0. The number of pyridine rings is 1. The molecule has 1 aromatic heterocycles. The van der Waals surface area contributed by atoms with Gasteiger partial charge in [-0.3, -0.25) is 14.8 Å². The van der Waals surface area contributed by atoms with Gasteiger partial charge in [0.1, 0.15) is 11.5 Å². The van der Waals surface area contributed by atoms with E-state index in [9.17, 15) is 4.79 Å². The zero-order chi connectivity index (χ0) is 21.4. The van der Waals surface area contributed by atoms with Crippen molar-refractivity contribution in [3.8, 4) is 5.75 Å². The van der Waals surface area contributed by atoms with Crippen LogP contribution in [0, 0.1) is 0 Å². The van der Waals surface area contributed by atoms with Crippen LogP contribution < -0.4 is 10.1 Å². The van der Waals surface area contributed by atoms with Gasteiger partial charge in [-0.25, -0.2) is 4.99 Å². The number of hydrogen-bond acceptors (Lipinski definition) is 5. The third-order valence-corrected chi connectivity index (χ3v) is 5.74. The van der Waals surface area contributed by atoms with E-state index >= 15 is 0 Å². The fourth-order valence-electron chi connectivity index (χ4n) is 4.06. The minimum absolute atomic E-state index is 0.144. The lowest BCUT2D eigenvalue weighted by Crippen LogP contribution is -2.33. The molecule has 154 valence electrons. The Morgan fingerprint density at radius 2 is 1.94 bits per heavy atom. The molecule has 3 heterocycles. The summed E-state index contributed by atoms with van der Waals surface area (Å²) < 4.78 is 5.28. The maximum Gasteiger partial charge on any atom is 0.266 e. The van der Waals surface area contributed by atoms with Crippen LogP contribution in [0.25, 0.3) is 0 Å². The molecule has 0 unspecified atom stereocenters. The molecule has 0 saturated heterocycles. The van der Waals surface area contributed by atoms with Gasteiger partial charge < -0.3 is 10.1 Å². The van der Waals surface area contributed by atoms with Crippen molar-refractivity contribution in [3.63, 3.8) is 0 Å². The third-order valence-electron chi connectivity index (χ3n) is 5.74. The van der Waals surface area contributed by atoms with E-state index in [0.717, 1.165) is 39.4 Å². The number of hydrogen-bond donors (Lipinski definition) is 1. The van der Waals surface area contributed by atoms with Gasteiger partial charge in [0.2, 0.25) is 0 Å². The first-order valence-electron chi connectivity index (χ1n) is 10.3. The van der Waals surface area contributed by atoms with E-state index < -0.39 is 0 Å². The summed E-state index contributed by atoms with van der Waals surface area (Å²) in [7, 11) is 1.63. The largest absolute Gasteiger partial charge is 0.497 e. The monoisotopic (exact) mass is 410 g/mol. The summed E-state index contributed by atoms with van der Waals surface area (Å²) in [4.78, 5) is 26.3. The van der Waals surface area contributed by atoms with Crippen LogP contribution in [0.1, 0.15) is 40.8 Å². The predicted octanol–water partition coefficient (Wildman–Crippen LogP) is 3.95. The molecule has 1 atom stereocenters. The highest BCUT2D eigenvalue weighted by Crippen LogP contribution is 2.34. The van der Waals surface area contributed by atoms with Crippen molar-refractivity contribution in [2.24, 2.45) is 9.98 Å². The number of carbonyl (C=O) groups is 1. The van der Waals surface area contributed by atoms with Crippen LogP contribution in [-0.2, 0) is 17.8 Å². The Labute approximate surface area is 180 Å². The average Bonchev–Trinajstić information content (AvgIpc) is 3.41. The predicted molar refractivity (Wildman–Crippen MR) is 120 cm³/mol. The molecule has 31 heavy (non-hydrogen) atoms. The summed E-state index contributed by atoms with van der Waals surface area (Å²) in [5.41, 5.74) is 7.70. The van der Waals surface area contributed by atoms with Crippen molar-refractivity contribution < 1.29 is 9.53 Å². The number of nitrogens with one attached hydrogen (secondary N) is 1. The quantitative estimate of drug-likeness (QED) is 0.692. The number of fused-ring (bicyclic) bond motifs is 2. The molecule has 0 saturated carbocycles. The van der Waals surface area contributed by atoms with E-state index in [-0.39, 0.29) is 11.9 Å². The molecule has 0 bridgehead atoms. The Morgan fingerprint density at radius 1 is 1.10 bits per heavy atom. The smallest absolute Gasteiger partial charge is 0.266 e. The fourth-order valence-corrected chi connectivity index (χ4v) is 4.06. The molecule has 2 aliphatic heterocycles. The summed E-state index contributed by atoms with van der Waals surface area (Å²) in [6.07, 6.45) is 4.07. The Bertz CT molecular complexity index is 1230. The highest BCUT2D eigenvalue weighted by Gasteiger charge is 2.26. The molecule has 2 aliphatic rings. The molecule has 1 N–H and O–H groups in total. The second-order valence-electron chi connectivity index (χ2n) is 7.75. The average molecular weight is 410 g/mol. The van der Waals surface area contributed by atoms with Gasteiger partial charge in [-0.2, -0.15) is 0 Å². The molecule has 3 aromatic rings. The van der Waals surface area contributed by atoms with Crippen molar-refractivity contribution in [2.75, 3.05) is 7.11 Å². The first-order chi connectivity index (χ1) is 15.1. The van der Waals surface area contributed by atoms with Crippen LogP contribution in [-0.4, -0.2) is 29.4 Å². The first kappa shape index (κ1) is 19.2. The summed E-state index contributed by atoms with van der Waals surface area (Å²) in [6.45, 7) is 2.61.